The number of hydrogen-bond acceptors (Lipinski definition) is 4. The van der Waals surface area contributed by atoms with Gasteiger partial charge in [-0.05, 0) is 35.9 Å². The number of ether oxygens (including phenoxy) is 1. The van der Waals surface area contributed by atoms with Gasteiger partial charge in [0.15, 0.2) is 0 Å². The molecule has 0 unspecified atom stereocenters. The molecule has 0 aliphatic rings. The Bertz CT molecular complexity index is 950. The second-order valence-corrected chi connectivity index (χ2v) is 5.95. The van der Waals surface area contributed by atoms with Gasteiger partial charge in [0.05, 0.1) is 36.4 Å². The van der Waals surface area contributed by atoms with E-state index in [0.717, 1.165) is 10.0 Å². The first kappa shape index (κ1) is 15.4. The van der Waals surface area contributed by atoms with Gasteiger partial charge >= 0.3 is 5.97 Å². The summed E-state index contributed by atoms with van der Waals surface area (Å²) in [4.78, 5) is 28.4. The molecule has 3 rings (SSSR count). The summed E-state index contributed by atoms with van der Waals surface area (Å²) in [5, 5.41) is 0.555. The molecule has 0 aliphatic carbocycles. The predicted octanol–water partition coefficient (Wildman–Crippen LogP) is 2.99. The molecule has 0 aliphatic heterocycles. The Labute approximate surface area is 140 Å². The second-order valence-electron chi connectivity index (χ2n) is 5.03. The summed E-state index contributed by atoms with van der Waals surface area (Å²) in [5.41, 5.74) is 1.80. The number of halogens is 1. The topological polar surface area (TPSA) is 61.2 Å². The van der Waals surface area contributed by atoms with E-state index < -0.39 is 5.97 Å². The van der Waals surface area contributed by atoms with Crippen molar-refractivity contribution in [1.82, 2.24) is 9.55 Å². The molecule has 1 heterocycles. The SMILES string of the molecule is COC(=O)c1cccc(Cn2cnc3cc(Br)ccc3c2=O)c1. The first-order valence-electron chi connectivity index (χ1n) is 6.90. The first-order chi connectivity index (χ1) is 11.1. The van der Waals surface area contributed by atoms with Crippen LogP contribution in [0.1, 0.15) is 15.9 Å². The van der Waals surface area contributed by atoms with Gasteiger partial charge in [-0.2, -0.15) is 0 Å². The van der Waals surface area contributed by atoms with Crippen LogP contribution >= 0.6 is 15.9 Å². The fourth-order valence-electron chi connectivity index (χ4n) is 2.36. The number of nitrogens with zero attached hydrogens (tertiary/aromatic N) is 2. The van der Waals surface area contributed by atoms with Gasteiger partial charge in [0, 0.05) is 4.47 Å². The average molecular weight is 373 g/mol. The van der Waals surface area contributed by atoms with Crippen LogP contribution in [-0.2, 0) is 11.3 Å². The summed E-state index contributed by atoms with van der Waals surface area (Å²) in [5.74, 6) is -0.402. The average Bonchev–Trinajstić information content (AvgIpc) is 2.57. The van der Waals surface area contributed by atoms with Crippen LogP contribution in [0.25, 0.3) is 10.9 Å². The van der Waals surface area contributed by atoms with Crippen molar-refractivity contribution in [2.75, 3.05) is 7.11 Å². The highest BCUT2D eigenvalue weighted by molar-refractivity contribution is 9.10. The lowest BCUT2D eigenvalue weighted by molar-refractivity contribution is 0.0600. The van der Waals surface area contributed by atoms with Gasteiger partial charge in [-0.25, -0.2) is 9.78 Å². The van der Waals surface area contributed by atoms with Crippen molar-refractivity contribution in [3.05, 3.63) is 74.7 Å². The van der Waals surface area contributed by atoms with E-state index in [1.165, 1.54) is 18.0 Å². The van der Waals surface area contributed by atoms with Crippen LogP contribution in [-0.4, -0.2) is 22.6 Å². The minimum atomic E-state index is -0.402. The molecule has 0 spiro atoms. The van der Waals surface area contributed by atoms with Crippen LogP contribution in [0.15, 0.2) is 58.1 Å². The molecule has 0 bridgehead atoms. The van der Waals surface area contributed by atoms with E-state index in [-0.39, 0.29) is 5.56 Å². The highest BCUT2D eigenvalue weighted by atomic mass is 79.9. The zero-order valence-electron chi connectivity index (χ0n) is 12.3. The summed E-state index contributed by atoms with van der Waals surface area (Å²) >= 11 is 3.36. The summed E-state index contributed by atoms with van der Waals surface area (Å²) < 4.78 is 7.11. The maximum Gasteiger partial charge on any atom is 0.337 e. The van der Waals surface area contributed by atoms with Crippen molar-refractivity contribution in [1.29, 1.82) is 0 Å². The molecule has 0 saturated carbocycles. The zero-order valence-corrected chi connectivity index (χ0v) is 13.9. The third-order valence-electron chi connectivity index (χ3n) is 3.49. The molecule has 2 aromatic carbocycles. The van der Waals surface area contributed by atoms with Crippen LogP contribution in [0.5, 0.6) is 0 Å². The lowest BCUT2D eigenvalue weighted by atomic mass is 10.1. The molecule has 0 amide bonds. The summed E-state index contributed by atoms with van der Waals surface area (Å²) in [6.45, 7) is 0.336. The van der Waals surface area contributed by atoms with E-state index >= 15 is 0 Å². The van der Waals surface area contributed by atoms with E-state index in [4.69, 9.17) is 4.74 Å². The Balaban J connectivity index is 1.99. The smallest absolute Gasteiger partial charge is 0.337 e. The number of methoxy groups -OCH3 is 1. The largest absolute Gasteiger partial charge is 0.465 e. The molecule has 0 N–H and O–H groups in total. The highest BCUT2D eigenvalue weighted by Crippen LogP contribution is 2.15. The molecule has 1 aromatic heterocycles. The lowest BCUT2D eigenvalue weighted by Gasteiger charge is -2.08. The van der Waals surface area contributed by atoms with Gasteiger partial charge in [-0.1, -0.05) is 28.1 Å². The molecule has 3 aromatic rings. The Morgan fingerprint density at radius 1 is 1.26 bits per heavy atom. The van der Waals surface area contributed by atoms with Crippen molar-refractivity contribution in [2.45, 2.75) is 6.54 Å². The van der Waals surface area contributed by atoms with Crippen LogP contribution in [0, 0.1) is 0 Å². The van der Waals surface area contributed by atoms with Crippen molar-refractivity contribution >= 4 is 32.8 Å². The van der Waals surface area contributed by atoms with Gasteiger partial charge in [0.2, 0.25) is 0 Å². The first-order valence-corrected chi connectivity index (χ1v) is 7.70. The normalized spacial score (nSPS) is 10.7. The minimum absolute atomic E-state index is 0.119. The van der Waals surface area contributed by atoms with E-state index in [0.29, 0.717) is 23.0 Å². The van der Waals surface area contributed by atoms with Gasteiger partial charge in [0.1, 0.15) is 0 Å². The maximum absolute atomic E-state index is 12.5. The number of benzene rings is 2. The number of esters is 1. The minimum Gasteiger partial charge on any atom is -0.465 e. The van der Waals surface area contributed by atoms with E-state index in [9.17, 15) is 9.59 Å². The van der Waals surface area contributed by atoms with Gasteiger partial charge in [0.25, 0.3) is 5.56 Å². The number of carbonyl (C=O) groups excluding carboxylic acids is 1. The summed E-state index contributed by atoms with van der Waals surface area (Å²) in [6, 6.07) is 12.4. The molecule has 0 radical (unpaired) electrons. The Morgan fingerprint density at radius 3 is 2.87 bits per heavy atom. The van der Waals surface area contributed by atoms with Crippen LogP contribution < -0.4 is 5.56 Å². The fraction of sp³-hybridized carbons (Fsp3) is 0.118. The molecule has 6 heteroatoms. The zero-order chi connectivity index (χ0) is 16.4. The Hall–Kier alpha value is -2.47. The predicted molar refractivity (Wildman–Crippen MR) is 90.6 cm³/mol. The van der Waals surface area contributed by atoms with Crippen molar-refractivity contribution < 1.29 is 9.53 Å². The molecule has 23 heavy (non-hydrogen) atoms. The molecule has 116 valence electrons. The number of carbonyl (C=O) groups is 1. The molecule has 0 fully saturated rings. The Kier molecular flexibility index (Phi) is 4.25. The number of rotatable bonds is 3. The number of fused-ring (bicyclic) bond motifs is 1. The number of hydrogen-bond donors (Lipinski definition) is 0. The van der Waals surface area contributed by atoms with Crippen LogP contribution in [0.2, 0.25) is 0 Å². The van der Waals surface area contributed by atoms with E-state index in [1.54, 1.807) is 30.3 Å². The van der Waals surface area contributed by atoms with Gasteiger partial charge in [-0.3, -0.25) is 9.36 Å². The van der Waals surface area contributed by atoms with E-state index in [1.807, 2.05) is 12.1 Å². The molecule has 5 nitrogen and oxygen atoms in total. The number of aromatic nitrogens is 2. The highest BCUT2D eigenvalue weighted by Gasteiger charge is 2.08. The molecular weight excluding hydrogens is 360 g/mol. The monoisotopic (exact) mass is 372 g/mol. The molecule has 0 saturated heterocycles. The fourth-order valence-corrected chi connectivity index (χ4v) is 2.70. The summed E-state index contributed by atoms with van der Waals surface area (Å²) in [7, 11) is 1.34. The van der Waals surface area contributed by atoms with Crippen molar-refractivity contribution in [3.63, 3.8) is 0 Å². The van der Waals surface area contributed by atoms with Crippen molar-refractivity contribution in [2.24, 2.45) is 0 Å². The quantitative estimate of drug-likeness (QED) is 0.663. The third-order valence-corrected chi connectivity index (χ3v) is 3.98. The second kappa shape index (κ2) is 6.34. The van der Waals surface area contributed by atoms with Gasteiger partial charge < -0.3 is 4.74 Å². The lowest BCUT2D eigenvalue weighted by Crippen LogP contribution is -2.21. The molecular formula is C17H13BrN2O3. The third kappa shape index (κ3) is 3.17. The summed E-state index contributed by atoms with van der Waals surface area (Å²) in [6.07, 6.45) is 1.52. The Morgan fingerprint density at radius 2 is 2.09 bits per heavy atom. The van der Waals surface area contributed by atoms with Crippen LogP contribution in [0.3, 0.4) is 0 Å². The van der Waals surface area contributed by atoms with E-state index in [2.05, 4.69) is 20.9 Å². The maximum atomic E-state index is 12.5. The van der Waals surface area contributed by atoms with Crippen molar-refractivity contribution in [3.8, 4) is 0 Å². The molecule has 0 atom stereocenters. The van der Waals surface area contributed by atoms with Crippen LogP contribution in [0.4, 0.5) is 0 Å². The van der Waals surface area contributed by atoms with Gasteiger partial charge in [-0.15, -0.1) is 0 Å². The standard InChI is InChI=1S/C17H13BrN2O3/c1-23-17(22)12-4-2-3-11(7-12)9-20-10-19-15-8-13(18)5-6-14(15)16(20)21/h2-8,10H,9H2,1H3.